The normalized spacial score (nSPS) is 9.43. The summed E-state index contributed by atoms with van der Waals surface area (Å²) in [6, 6.07) is 0. The van der Waals surface area contributed by atoms with Crippen LogP contribution in [0.3, 0.4) is 0 Å². The van der Waals surface area contributed by atoms with E-state index in [9.17, 15) is 0 Å². The van der Waals surface area contributed by atoms with Crippen LogP contribution in [0.2, 0.25) is 0 Å². The van der Waals surface area contributed by atoms with Crippen LogP contribution in [0.1, 0.15) is 6.42 Å². The van der Waals surface area contributed by atoms with Crippen molar-refractivity contribution in [3.63, 3.8) is 0 Å². The van der Waals surface area contributed by atoms with Gasteiger partial charge in [-0.3, -0.25) is 5.26 Å². The summed E-state index contributed by atoms with van der Waals surface area (Å²) in [6.45, 7) is 0.239. The Morgan fingerprint density at radius 1 is 1.43 bits per heavy atom. The maximum atomic E-state index is 9.17. The monoisotopic (exact) mass is 107 g/mol. The standard InChI is InChI=1S/C3H7O4/c4-6-2-1-3-7-5/h4H,1-3H2. The Labute approximate surface area is 41.1 Å². The molecule has 0 atom stereocenters. The van der Waals surface area contributed by atoms with E-state index in [-0.39, 0.29) is 13.2 Å². The third kappa shape index (κ3) is 5.84. The van der Waals surface area contributed by atoms with Crippen LogP contribution in [0.15, 0.2) is 0 Å². The zero-order valence-corrected chi connectivity index (χ0v) is 3.79. The molecule has 1 radical (unpaired) electrons. The first kappa shape index (κ1) is 6.84. The second-order valence-electron chi connectivity index (χ2n) is 1.01. The van der Waals surface area contributed by atoms with Gasteiger partial charge in [0.05, 0.1) is 13.2 Å². The molecule has 0 amide bonds. The lowest BCUT2D eigenvalue weighted by Crippen LogP contribution is -1.94. The van der Waals surface area contributed by atoms with Gasteiger partial charge in [-0.25, -0.2) is 9.78 Å². The molecular formula is C3H7O4. The Balaban J connectivity index is 2.45. The first-order valence-corrected chi connectivity index (χ1v) is 1.93. The van der Waals surface area contributed by atoms with E-state index in [1.807, 2.05) is 0 Å². The van der Waals surface area contributed by atoms with Crippen molar-refractivity contribution in [3.05, 3.63) is 0 Å². The predicted octanol–water partition coefficient (Wildman–Crippen LogP) is 0.228. The number of hydrogen-bond donors (Lipinski definition) is 1. The molecule has 0 unspecified atom stereocenters. The molecule has 0 bridgehead atoms. The molecule has 0 saturated carbocycles. The summed E-state index contributed by atoms with van der Waals surface area (Å²) in [4.78, 5) is 7.03. The highest BCUT2D eigenvalue weighted by Gasteiger charge is 1.83. The fourth-order valence-electron chi connectivity index (χ4n) is 0.182. The van der Waals surface area contributed by atoms with Crippen molar-refractivity contribution >= 4 is 0 Å². The number of rotatable bonds is 4. The molecular weight excluding hydrogens is 100 g/mol. The first-order valence-electron chi connectivity index (χ1n) is 1.93. The molecule has 0 aromatic rings. The van der Waals surface area contributed by atoms with Gasteiger partial charge in [0, 0.05) is 6.42 Å². The maximum Gasteiger partial charge on any atom is 0.0878 e. The smallest absolute Gasteiger partial charge is 0.0878 e. The summed E-state index contributed by atoms with van der Waals surface area (Å²) >= 11 is 0. The summed E-state index contributed by atoms with van der Waals surface area (Å²) < 4.78 is 0. The van der Waals surface area contributed by atoms with E-state index in [2.05, 4.69) is 9.78 Å². The van der Waals surface area contributed by atoms with Crippen molar-refractivity contribution in [3.8, 4) is 0 Å². The highest BCUT2D eigenvalue weighted by molar-refractivity contribution is 4.25. The molecule has 0 fully saturated rings. The molecule has 0 aromatic carbocycles. The lowest BCUT2D eigenvalue weighted by molar-refractivity contribution is -0.310. The zero-order valence-electron chi connectivity index (χ0n) is 3.79. The minimum atomic E-state index is 0.0839. The van der Waals surface area contributed by atoms with Crippen LogP contribution in [0.5, 0.6) is 0 Å². The minimum Gasteiger partial charge on any atom is -0.252 e. The average molecular weight is 107 g/mol. The van der Waals surface area contributed by atoms with Gasteiger partial charge >= 0.3 is 0 Å². The molecule has 0 saturated heterocycles. The summed E-state index contributed by atoms with van der Waals surface area (Å²) in [5.41, 5.74) is 0. The molecule has 0 aliphatic carbocycles. The second kappa shape index (κ2) is 5.84. The van der Waals surface area contributed by atoms with E-state index < -0.39 is 0 Å². The van der Waals surface area contributed by atoms with E-state index in [0.29, 0.717) is 6.42 Å². The van der Waals surface area contributed by atoms with Crippen LogP contribution < -0.4 is 0 Å². The van der Waals surface area contributed by atoms with Gasteiger partial charge in [-0.05, 0) is 5.26 Å². The molecule has 4 heteroatoms. The fraction of sp³-hybridized carbons (Fsp3) is 1.00. The molecule has 0 heterocycles. The minimum absolute atomic E-state index is 0.0839. The van der Waals surface area contributed by atoms with Gasteiger partial charge in [-0.2, -0.15) is 0 Å². The van der Waals surface area contributed by atoms with Crippen molar-refractivity contribution in [2.75, 3.05) is 13.2 Å². The highest BCUT2D eigenvalue weighted by Crippen LogP contribution is 1.78. The van der Waals surface area contributed by atoms with Gasteiger partial charge in [0.15, 0.2) is 0 Å². The van der Waals surface area contributed by atoms with Crippen molar-refractivity contribution < 1.29 is 20.3 Å². The van der Waals surface area contributed by atoms with Crippen LogP contribution in [0, 0.1) is 0 Å². The SMILES string of the molecule is [O]OCCCOO. The van der Waals surface area contributed by atoms with Gasteiger partial charge in [0.2, 0.25) is 0 Å². The van der Waals surface area contributed by atoms with Crippen molar-refractivity contribution in [2.24, 2.45) is 0 Å². The molecule has 0 rings (SSSR count). The quantitative estimate of drug-likeness (QED) is 0.318. The lowest BCUT2D eigenvalue weighted by atomic mass is 10.5. The third-order valence-corrected chi connectivity index (χ3v) is 0.463. The van der Waals surface area contributed by atoms with E-state index in [1.165, 1.54) is 0 Å². The number of hydrogen-bond acceptors (Lipinski definition) is 3. The van der Waals surface area contributed by atoms with Crippen molar-refractivity contribution in [1.82, 2.24) is 0 Å². The van der Waals surface area contributed by atoms with E-state index in [4.69, 9.17) is 10.5 Å². The zero-order chi connectivity index (χ0) is 5.54. The Kier molecular flexibility index (Phi) is 5.71. The van der Waals surface area contributed by atoms with Crippen LogP contribution >= 0.6 is 0 Å². The summed E-state index contributed by atoms with van der Waals surface area (Å²) in [5.74, 6) is 0. The molecule has 0 aliphatic heterocycles. The van der Waals surface area contributed by atoms with Crippen LogP contribution in [0.4, 0.5) is 0 Å². The fourth-order valence-corrected chi connectivity index (χ4v) is 0.182. The van der Waals surface area contributed by atoms with E-state index in [1.54, 1.807) is 0 Å². The molecule has 1 N–H and O–H groups in total. The van der Waals surface area contributed by atoms with Crippen LogP contribution in [0.25, 0.3) is 0 Å². The van der Waals surface area contributed by atoms with E-state index in [0.717, 1.165) is 0 Å². The van der Waals surface area contributed by atoms with Crippen LogP contribution in [-0.2, 0) is 15.0 Å². The largest absolute Gasteiger partial charge is 0.252 e. The van der Waals surface area contributed by atoms with Crippen molar-refractivity contribution in [2.45, 2.75) is 6.42 Å². The molecule has 0 aliphatic rings. The van der Waals surface area contributed by atoms with Gasteiger partial charge < -0.3 is 0 Å². The van der Waals surface area contributed by atoms with Gasteiger partial charge in [0.25, 0.3) is 0 Å². The summed E-state index contributed by atoms with van der Waals surface area (Å²) in [7, 11) is 0. The Bertz CT molecular complexity index is 26.1. The van der Waals surface area contributed by atoms with Crippen LogP contribution in [-0.4, -0.2) is 18.5 Å². The van der Waals surface area contributed by atoms with E-state index >= 15 is 0 Å². The third-order valence-electron chi connectivity index (χ3n) is 0.463. The predicted molar refractivity (Wildman–Crippen MR) is 19.8 cm³/mol. The van der Waals surface area contributed by atoms with Crippen molar-refractivity contribution in [1.29, 1.82) is 0 Å². The first-order chi connectivity index (χ1) is 3.41. The molecule has 0 spiro atoms. The Hall–Kier alpha value is -0.160. The Morgan fingerprint density at radius 3 is 2.57 bits per heavy atom. The highest BCUT2D eigenvalue weighted by atomic mass is 17.1. The van der Waals surface area contributed by atoms with Gasteiger partial charge in [0.1, 0.15) is 0 Å². The van der Waals surface area contributed by atoms with Gasteiger partial charge in [-0.1, -0.05) is 0 Å². The maximum absolute atomic E-state index is 9.17. The molecule has 7 heavy (non-hydrogen) atoms. The molecule has 0 aromatic heterocycles. The van der Waals surface area contributed by atoms with Gasteiger partial charge in [-0.15, -0.1) is 0 Å². The average Bonchev–Trinajstić information content (AvgIpc) is 1.69. The second-order valence-corrected chi connectivity index (χ2v) is 1.01. The topological polar surface area (TPSA) is 58.6 Å². The molecule has 43 valence electrons. The Morgan fingerprint density at radius 2 is 2.14 bits per heavy atom. The summed E-state index contributed by atoms with van der Waals surface area (Å²) in [6.07, 6.45) is 0.431. The molecule has 4 nitrogen and oxygen atoms in total. The summed E-state index contributed by atoms with van der Waals surface area (Å²) in [5, 5.41) is 16.8. The lowest BCUT2D eigenvalue weighted by Gasteiger charge is -1.89.